The molecule has 120 valence electrons. The third-order valence-corrected chi connectivity index (χ3v) is 5.24. The van der Waals surface area contributed by atoms with Crippen molar-refractivity contribution in [2.24, 2.45) is 0 Å². The van der Waals surface area contributed by atoms with Crippen molar-refractivity contribution in [1.82, 2.24) is 10.3 Å². The molecule has 6 heteroatoms. The number of sulfone groups is 1. The minimum atomic E-state index is -3.57. The second-order valence-corrected chi connectivity index (χ2v) is 7.04. The second kappa shape index (κ2) is 6.44. The Morgan fingerprint density at radius 3 is 2.61 bits per heavy atom. The first-order chi connectivity index (χ1) is 11.1. The van der Waals surface area contributed by atoms with Gasteiger partial charge in [0.25, 0.3) is 0 Å². The number of ether oxygens (including phenoxy) is 1. The summed E-state index contributed by atoms with van der Waals surface area (Å²) in [5.41, 5.74) is 0.737. The van der Waals surface area contributed by atoms with E-state index in [2.05, 4.69) is 10.3 Å². The van der Waals surface area contributed by atoms with E-state index >= 15 is 0 Å². The molecule has 0 unspecified atom stereocenters. The molecule has 0 aliphatic heterocycles. The lowest BCUT2D eigenvalue weighted by Crippen LogP contribution is -2.15. The third kappa shape index (κ3) is 3.09. The Labute approximate surface area is 135 Å². The molecule has 2 aromatic carbocycles. The number of hydrogen-bond acceptors (Lipinski definition) is 4. The van der Waals surface area contributed by atoms with Crippen LogP contribution in [0.1, 0.15) is 0 Å². The van der Waals surface area contributed by atoms with Crippen molar-refractivity contribution in [3.05, 3.63) is 54.6 Å². The maximum Gasteiger partial charge on any atom is 0.221 e. The third-order valence-electron chi connectivity index (χ3n) is 3.55. The van der Waals surface area contributed by atoms with Crippen LogP contribution in [0.4, 0.5) is 0 Å². The summed E-state index contributed by atoms with van der Waals surface area (Å²) in [7, 11) is -1.71. The van der Waals surface area contributed by atoms with Gasteiger partial charge in [0.15, 0.2) is 0 Å². The van der Waals surface area contributed by atoms with Crippen molar-refractivity contribution < 1.29 is 13.2 Å². The number of rotatable bonds is 6. The monoisotopic (exact) mass is 330 g/mol. The minimum Gasteiger partial charge on any atom is -0.492 e. The normalized spacial score (nSPS) is 11.7. The predicted molar refractivity (Wildman–Crippen MR) is 89.6 cm³/mol. The van der Waals surface area contributed by atoms with E-state index in [9.17, 15) is 8.42 Å². The number of fused-ring (bicyclic) bond motifs is 1. The lowest BCUT2D eigenvalue weighted by atomic mass is 10.2. The van der Waals surface area contributed by atoms with Crippen molar-refractivity contribution in [3.8, 4) is 5.75 Å². The quantitative estimate of drug-likeness (QED) is 0.682. The molecule has 0 aliphatic rings. The molecule has 5 nitrogen and oxygen atoms in total. The number of likely N-dealkylation sites (N-methyl/N-ethyl adjacent to an activating group) is 1. The van der Waals surface area contributed by atoms with E-state index < -0.39 is 9.84 Å². The van der Waals surface area contributed by atoms with Gasteiger partial charge in [0.2, 0.25) is 9.84 Å². The van der Waals surface area contributed by atoms with Gasteiger partial charge in [-0.25, -0.2) is 8.42 Å². The van der Waals surface area contributed by atoms with Gasteiger partial charge in [-0.1, -0.05) is 24.3 Å². The summed E-state index contributed by atoms with van der Waals surface area (Å²) in [6, 6.07) is 15.5. The minimum absolute atomic E-state index is 0.170. The fourth-order valence-corrected chi connectivity index (χ4v) is 3.65. The number of H-pyrrole nitrogens is 1. The molecule has 1 heterocycles. The van der Waals surface area contributed by atoms with Crippen LogP contribution < -0.4 is 10.1 Å². The van der Waals surface area contributed by atoms with Crippen molar-refractivity contribution in [2.75, 3.05) is 20.2 Å². The lowest BCUT2D eigenvalue weighted by molar-refractivity contribution is 0.322. The average molecular weight is 330 g/mol. The van der Waals surface area contributed by atoms with Crippen LogP contribution in [0.25, 0.3) is 10.9 Å². The maximum atomic E-state index is 12.7. The summed E-state index contributed by atoms with van der Waals surface area (Å²) in [5, 5.41) is 3.94. The van der Waals surface area contributed by atoms with E-state index in [1.165, 1.54) is 0 Å². The van der Waals surface area contributed by atoms with Gasteiger partial charge in [-0.15, -0.1) is 0 Å². The van der Waals surface area contributed by atoms with Crippen LogP contribution in [0.15, 0.2) is 64.5 Å². The van der Waals surface area contributed by atoms with Crippen LogP contribution in [0.2, 0.25) is 0 Å². The fourth-order valence-electron chi connectivity index (χ4n) is 2.36. The average Bonchev–Trinajstić information content (AvgIpc) is 3.02. The van der Waals surface area contributed by atoms with Gasteiger partial charge >= 0.3 is 0 Å². The van der Waals surface area contributed by atoms with E-state index in [1.54, 1.807) is 36.4 Å². The smallest absolute Gasteiger partial charge is 0.221 e. The highest BCUT2D eigenvalue weighted by molar-refractivity contribution is 7.91. The first-order valence-corrected chi connectivity index (χ1v) is 8.80. The largest absolute Gasteiger partial charge is 0.492 e. The summed E-state index contributed by atoms with van der Waals surface area (Å²) in [5.74, 6) is 0.670. The van der Waals surface area contributed by atoms with Crippen LogP contribution in [0.3, 0.4) is 0 Å². The Balaban J connectivity index is 2.02. The summed E-state index contributed by atoms with van der Waals surface area (Å²) < 4.78 is 31.1. The van der Waals surface area contributed by atoms with Gasteiger partial charge in [0, 0.05) is 11.9 Å². The molecule has 0 fully saturated rings. The molecule has 0 atom stereocenters. The highest BCUT2D eigenvalue weighted by Gasteiger charge is 2.20. The number of aromatic nitrogens is 1. The lowest BCUT2D eigenvalue weighted by Gasteiger charge is -2.06. The number of nitrogens with one attached hydrogen (secondary N) is 2. The van der Waals surface area contributed by atoms with E-state index in [-0.39, 0.29) is 9.92 Å². The van der Waals surface area contributed by atoms with Gasteiger partial charge in [-0.05, 0) is 37.4 Å². The Hall–Kier alpha value is -2.31. The second-order valence-electron chi connectivity index (χ2n) is 5.12. The highest BCUT2D eigenvalue weighted by atomic mass is 32.2. The standard InChI is InChI=1S/C17H18N2O3S/c1-18-10-11-22-16-9-5-8-15-14(16)12-17(19-15)23(20,21)13-6-3-2-4-7-13/h2-9,12,18-19H,10-11H2,1H3. The number of hydrogen-bond donors (Lipinski definition) is 2. The molecule has 0 saturated carbocycles. The zero-order chi connectivity index (χ0) is 16.3. The molecule has 1 aromatic heterocycles. The summed E-state index contributed by atoms with van der Waals surface area (Å²) in [6.45, 7) is 1.23. The van der Waals surface area contributed by atoms with E-state index in [4.69, 9.17) is 4.74 Å². The van der Waals surface area contributed by atoms with Crippen LogP contribution in [-0.2, 0) is 9.84 Å². The molecule has 3 rings (SSSR count). The summed E-state index contributed by atoms with van der Waals surface area (Å²) in [6.07, 6.45) is 0. The van der Waals surface area contributed by atoms with Crippen molar-refractivity contribution in [2.45, 2.75) is 9.92 Å². The molecule has 0 aliphatic carbocycles. The molecular weight excluding hydrogens is 312 g/mol. The van der Waals surface area contributed by atoms with E-state index in [0.717, 1.165) is 17.4 Å². The number of aromatic amines is 1. The van der Waals surface area contributed by atoms with Gasteiger partial charge in [0.1, 0.15) is 17.4 Å². The van der Waals surface area contributed by atoms with Gasteiger partial charge in [-0.3, -0.25) is 0 Å². The summed E-state index contributed by atoms with van der Waals surface area (Å²) >= 11 is 0. The van der Waals surface area contributed by atoms with Crippen LogP contribution in [-0.4, -0.2) is 33.6 Å². The first kappa shape index (κ1) is 15.6. The van der Waals surface area contributed by atoms with Crippen molar-refractivity contribution in [1.29, 1.82) is 0 Å². The van der Waals surface area contributed by atoms with Crippen molar-refractivity contribution in [3.63, 3.8) is 0 Å². The SMILES string of the molecule is CNCCOc1cccc2[nH]c(S(=O)(=O)c3ccccc3)cc12. The number of benzene rings is 2. The van der Waals surface area contributed by atoms with Crippen LogP contribution in [0.5, 0.6) is 5.75 Å². The zero-order valence-corrected chi connectivity index (χ0v) is 13.6. The highest BCUT2D eigenvalue weighted by Crippen LogP contribution is 2.30. The van der Waals surface area contributed by atoms with Gasteiger partial charge in [0.05, 0.1) is 10.4 Å². The van der Waals surface area contributed by atoms with Crippen LogP contribution >= 0.6 is 0 Å². The molecule has 3 aromatic rings. The molecule has 0 bridgehead atoms. The molecule has 0 radical (unpaired) electrons. The molecule has 0 spiro atoms. The molecule has 0 saturated heterocycles. The van der Waals surface area contributed by atoms with Gasteiger partial charge in [-0.2, -0.15) is 0 Å². The zero-order valence-electron chi connectivity index (χ0n) is 12.7. The molecule has 23 heavy (non-hydrogen) atoms. The van der Waals surface area contributed by atoms with Crippen LogP contribution in [0, 0.1) is 0 Å². The Bertz CT molecular complexity index is 902. The Kier molecular flexibility index (Phi) is 4.36. The van der Waals surface area contributed by atoms with E-state index in [0.29, 0.717) is 12.4 Å². The Morgan fingerprint density at radius 1 is 1.09 bits per heavy atom. The maximum absolute atomic E-state index is 12.7. The van der Waals surface area contributed by atoms with E-state index in [1.807, 2.05) is 25.2 Å². The van der Waals surface area contributed by atoms with Gasteiger partial charge < -0.3 is 15.0 Å². The fraction of sp³-hybridized carbons (Fsp3) is 0.176. The molecular formula is C17H18N2O3S. The molecule has 0 amide bonds. The Morgan fingerprint density at radius 2 is 1.87 bits per heavy atom. The predicted octanol–water partition coefficient (Wildman–Crippen LogP) is 2.60. The summed E-state index contributed by atoms with van der Waals surface area (Å²) in [4.78, 5) is 3.25. The first-order valence-electron chi connectivity index (χ1n) is 7.32. The topological polar surface area (TPSA) is 71.2 Å². The molecule has 2 N–H and O–H groups in total. The van der Waals surface area contributed by atoms with Crippen molar-refractivity contribution >= 4 is 20.7 Å².